The number of nitrogens with zero attached hydrogens (tertiary/aromatic N) is 4. The minimum absolute atomic E-state index is 0.0336. The predicted molar refractivity (Wildman–Crippen MR) is 75.8 cm³/mol. The van der Waals surface area contributed by atoms with Crippen molar-refractivity contribution < 1.29 is 18.0 Å². The monoisotopic (exact) mass is 331 g/mol. The van der Waals surface area contributed by atoms with E-state index in [-0.39, 0.29) is 18.4 Å². The molecule has 1 amide bonds. The summed E-state index contributed by atoms with van der Waals surface area (Å²) in [6.07, 6.45) is -1.22. The summed E-state index contributed by atoms with van der Waals surface area (Å²) >= 11 is 0. The molecule has 0 spiro atoms. The molecule has 1 aliphatic heterocycles. The van der Waals surface area contributed by atoms with Gasteiger partial charge in [0.15, 0.2) is 0 Å². The van der Waals surface area contributed by atoms with Crippen molar-refractivity contribution >= 4 is 5.91 Å². The van der Waals surface area contributed by atoms with E-state index in [2.05, 4.69) is 15.4 Å². The minimum Gasteiger partial charge on any atom is -0.341 e. The number of carbonyl (C=O) groups excluding carboxylic acids is 1. The lowest BCUT2D eigenvalue weighted by Crippen LogP contribution is -2.40. The number of alkyl halides is 3. The van der Waals surface area contributed by atoms with Crippen molar-refractivity contribution in [2.45, 2.75) is 37.8 Å². The van der Waals surface area contributed by atoms with Crippen LogP contribution in [0.5, 0.6) is 0 Å². The lowest BCUT2D eigenvalue weighted by Gasteiger charge is -2.27. The second-order valence-corrected chi connectivity index (χ2v) is 6.17. The van der Waals surface area contributed by atoms with E-state index in [1.54, 1.807) is 4.90 Å². The first-order valence-corrected chi connectivity index (χ1v) is 7.91. The van der Waals surface area contributed by atoms with Crippen LogP contribution in [0, 0.1) is 0 Å². The van der Waals surface area contributed by atoms with Gasteiger partial charge in [0.2, 0.25) is 5.91 Å². The van der Waals surface area contributed by atoms with E-state index in [0.717, 1.165) is 25.0 Å². The van der Waals surface area contributed by atoms with Gasteiger partial charge in [-0.15, -0.1) is 0 Å². The molecule has 1 fully saturated rings. The molecule has 2 aliphatic rings. The summed E-state index contributed by atoms with van der Waals surface area (Å²) in [5.74, 6) is -0.347. The summed E-state index contributed by atoms with van der Waals surface area (Å²) in [6, 6.07) is 0. The van der Waals surface area contributed by atoms with Crippen molar-refractivity contribution in [1.29, 1.82) is 0 Å². The van der Waals surface area contributed by atoms with E-state index in [0.29, 0.717) is 31.7 Å². The SMILES string of the molecule is O=C(C1CCCc2n[nH]nc21)N1CCCN(CC(F)(F)F)CC1. The number of hydrogen-bond donors (Lipinski definition) is 1. The molecule has 0 radical (unpaired) electrons. The summed E-state index contributed by atoms with van der Waals surface area (Å²) in [5, 5.41) is 10.7. The van der Waals surface area contributed by atoms with E-state index < -0.39 is 12.7 Å². The second kappa shape index (κ2) is 6.46. The maximum absolute atomic E-state index is 12.8. The average Bonchev–Trinajstić information content (AvgIpc) is 2.85. The maximum Gasteiger partial charge on any atom is 0.401 e. The molecule has 0 bridgehead atoms. The van der Waals surface area contributed by atoms with E-state index in [4.69, 9.17) is 0 Å². The number of hydrogen-bond acceptors (Lipinski definition) is 4. The molecule has 2 heterocycles. The van der Waals surface area contributed by atoms with Gasteiger partial charge in [0, 0.05) is 26.2 Å². The van der Waals surface area contributed by atoms with E-state index in [9.17, 15) is 18.0 Å². The molecule has 1 aromatic heterocycles. The third-order valence-electron chi connectivity index (χ3n) is 4.49. The largest absolute Gasteiger partial charge is 0.401 e. The van der Waals surface area contributed by atoms with Crippen molar-refractivity contribution in [1.82, 2.24) is 25.2 Å². The van der Waals surface area contributed by atoms with Gasteiger partial charge in [0.1, 0.15) is 0 Å². The Kier molecular flexibility index (Phi) is 4.56. The quantitative estimate of drug-likeness (QED) is 0.888. The molecule has 3 rings (SSSR count). The fourth-order valence-corrected chi connectivity index (χ4v) is 3.40. The van der Waals surface area contributed by atoms with Crippen molar-refractivity contribution in [3.63, 3.8) is 0 Å². The standard InChI is InChI=1S/C14H20F3N5O/c15-14(16,17)9-21-5-2-6-22(8-7-21)13(23)10-3-1-4-11-12(10)19-20-18-11/h10H,1-9H2,(H,18,19,20). The molecular weight excluding hydrogens is 311 g/mol. The number of carbonyl (C=O) groups is 1. The number of aromatic amines is 1. The van der Waals surface area contributed by atoms with Gasteiger partial charge in [0.25, 0.3) is 0 Å². The van der Waals surface area contributed by atoms with Crippen LogP contribution in [0.25, 0.3) is 0 Å². The molecular formula is C14H20F3N5O. The van der Waals surface area contributed by atoms with Crippen molar-refractivity contribution in [3.8, 4) is 0 Å². The summed E-state index contributed by atoms with van der Waals surface area (Å²) in [5.41, 5.74) is 1.54. The molecule has 9 heteroatoms. The zero-order valence-corrected chi connectivity index (χ0v) is 12.8. The Balaban J connectivity index is 1.63. The van der Waals surface area contributed by atoms with Crippen LogP contribution in [0.1, 0.15) is 36.6 Å². The van der Waals surface area contributed by atoms with Crippen LogP contribution in [0.15, 0.2) is 0 Å². The molecule has 23 heavy (non-hydrogen) atoms. The molecule has 1 aliphatic carbocycles. The van der Waals surface area contributed by atoms with Gasteiger partial charge in [-0.1, -0.05) is 0 Å². The van der Waals surface area contributed by atoms with Crippen LogP contribution in [-0.2, 0) is 11.2 Å². The predicted octanol–water partition coefficient (Wildman–Crippen LogP) is 1.32. The number of fused-ring (bicyclic) bond motifs is 1. The lowest BCUT2D eigenvalue weighted by molar-refractivity contribution is -0.145. The number of halogens is 3. The van der Waals surface area contributed by atoms with Crippen LogP contribution in [0.3, 0.4) is 0 Å². The zero-order valence-electron chi connectivity index (χ0n) is 12.8. The van der Waals surface area contributed by atoms with Gasteiger partial charge in [-0.05, 0) is 25.7 Å². The Hall–Kier alpha value is -1.64. The molecule has 0 saturated carbocycles. The fourth-order valence-electron chi connectivity index (χ4n) is 3.40. The molecule has 0 aromatic carbocycles. The second-order valence-electron chi connectivity index (χ2n) is 6.17. The van der Waals surface area contributed by atoms with E-state index in [1.807, 2.05) is 0 Å². The molecule has 1 aromatic rings. The van der Waals surface area contributed by atoms with Crippen LogP contribution in [-0.4, -0.2) is 70.0 Å². The number of H-pyrrole nitrogens is 1. The zero-order chi connectivity index (χ0) is 16.4. The number of aromatic nitrogens is 3. The first kappa shape index (κ1) is 16.2. The molecule has 1 N–H and O–H groups in total. The van der Waals surface area contributed by atoms with Crippen molar-refractivity contribution in [2.75, 3.05) is 32.7 Å². The van der Waals surface area contributed by atoms with Gasteiger partial charge < -0.3 is 4.90 Å². The van der Waals surface area contributed by atoms with Gasteiger partial charge in [0.05, 0.1) is 23.9 Å². The van der Waals surface area contributed by atoms with Crippen LogP contribution in [0.2, 0.25) is 0 Å². The molecule has 1 unspecified atom stereocenters. The number of aryl methyl sites for hydroxylation is 1. The number of nitrogens with one attached hydrogen (secondary N) is 1. The van der Waals surface area contributed by atoms with Crippen molar-refractivity contribution in [3.05, 3.63) is 11.4 Å². The Morgan fingerprint density at radius 1 is 1.17 bits per heavy atom. The van der Waals surface area contributed by atoms with Crippen LogP contribution >= 0.6 is 0 Å². The Labute approximate surface area is 132 Å². The first-order chi connectivity index (χ1) is 10.9. The molecule has 1 saturated heterocycles. The molecule has 6 nitrogen and oxygen atoms in total. The fraction of sp³-hybridized carbons (Fsp3) is 0.786. The van der Waals surface area contributed by atoms with E-state index >= 15 is 0 Å². The summed E-state index contributed by atoms with van der Waals surface area (Å²) in [6.45, 7) is 0.536. The highest BCUT2D eigenvalue weighted by molar-refractivity contribution is 5.83. The highest BCUT2D eigenvalue weighted by Crippen LogP contribution is 2.30. The third-order valence-corrected chi connectivity index (χ3v) is 4.49. The van der Waals surface area contributed by atoms with Crippen molar-refractivity contribution in [2.24, 2.45) is 0 Å². The average molecular weight is 331 g/mol. The first-order valence-electron chi connectivity index (χ1n) is 7.91. The minimum atomic E-state index is -4.20. The Morgan fingerprint density at radius 3 is 2.78 bits per heavy atom. The highest BCUT2D eigenvalue weighted by Gasteiger charge is 2.35. The summed E-state index contributed by atoms with van der Waals surface area (Å²) < 4.78 is 37.5. The number of amides is 1. The van der Waals surface area contributed by atoms with Gasteiger partial charge in [-0.3, -0.25) is 9.69 Å². The normalized spacial score (nSPS) is 23.4. The van der Waals surface area contributed by atoms with Crippen LogP contribution < -0.4 is 0 Å². The van der Waals surface area contributed by atoms with Crippen LogP contribution in [0.4, 0.5) is 13.2 Å². The molecule has 128 valence electrons. The van der Waals surface area contributed by atoms with E-state index in [1.165, 1.54) is 4.90 Å². The molecule has 1 atom stereocenters. The Morgan fingerprint density at radius 2 is 2.00 bits per heavy atom. The number of rotatable bonds is 2. The highest BCUT2D eigenvalue weighted by atomic mass is 19.4. The topological polar surface area (TPSA) is 65.1 Å². The van der Waals surface area contributed by atoms with Gasteiger partial charge in [-0.2, -0.15) is 28.6 Å². The smallest absolute Gasteiger partial charge is 0.341 e. The Bertz CT molecular complexity index is 559. The third kappa shape index (κ3) is 3.82. The van der Waals surface area contributed by atoms with Gasteiger partial charge in [-0.25, -0.2) is 0 Å². The summed E-state index contributed by atoms with van der Waals surface area (Å²) in [7, 11) is 0. The van der Waals surface area contributed by atoms with Gasteiger partial charge >= 0.3 is 6.18 Å². The maximum atomic E-state index is 12.8. The summed E-state index contributed by atoms with van der Waals surface area (Å²) in [4.78, 5) is 15.8. The lowest BCUT2D eigenvalue weighted by atomic mass is 9.88.